The van der Waals surface area contributed by atoms with Crippen LogP contribution in [-0.2, 0) is 16.1 Å². The van der Waals surface area contributed by atoms with E-state index < -0.39 is 30.1 Å². The Morgan fingerprint density at radius 3 is 2.61 bits per heavy atom. The van der Waals surface area contributed by atoms with E-state index in [-0.39, 0.29) is 37.6 Å². The number of hydrogen-bond donors (Lipinski definition) is 3. The summed E-state index contributed by atoms with van der Waals surface area (Å²) in [5, 5.41) is 24.1. The molecule has 2 aliphatic rings. The van der Waals surface area contributed by atoms with Crippen molar-refractivity contribution in [2.45, 2.75) is 50.5 Å². The third-order valence-electron chi connectivity index (χ3n) is 6.82. The van der Waals surface area contributed by atoms with E-state index in [4.69, 9.17) is 21.1 Å². The minimum atomic E-state index is -1.20. The number of halogens is 1. The second-order valence-corrected chi connectivity index (χ2v) is 9.74. The van der Waals surface area contributed by atoms with Gasteiger partial charge in [0.1, 0.15) is 18.5 Å². The maximum absolute atomic E-state index is 13.3. The van der Waals surface area contributed by atoms with E-state index in [2.05, 4.69) is 5.32 Å². The summed E-state index contributed by atoms with van der Waals surface area (Å²) in [6.07, 6.45) is 1.01. The van der Waals surface area contributed by atoms with Crippen LogP contribution in [-0.4, -0.2) is 71.7 Å². The average molecular weight is 543 g/mol. The molecule has 0 saturated carbocycles. The number of methoxy groups -OCH3 is 1. The lowest BCUT2D eigenvalue weighted by Gasteiger charge is -2.40. The van der Waals surface area contributed by atoms with Crippen molar-refractivity contribution in [1.29, 1.82) is 0 Å². The van der Waals surface area contributed by atoms with Crippen LogP contribution in [0.5, 0.6) is 11.5 Å². The Balaban J connectivity index is 1.81. The second-order valence-electron chi connectivity index (χ2n) is 9.30. The first-order chi connectivity index (χ1) is 18.3. The highest BCUT2D eigenvalue weighted by Gasteiger charge is 2.51. The van der Waals surface area contributed by atoms with E-state index in [1.165, 1.54) is 13.2 Å². The van der Waals surface area contributed by atoms with Crippen LogP contribution in [0.15, 0.2) is 48.0 Å². The summed E-state index contributed by atoms with van der Waals surface area (Å²) < 4.78 is 11.6. The first kappa shape index (κ1) is 27.6. The summed E-state index contributed by atoms with van der Waals surface area (Å²) in [6.45, 7) is 1.84. The molecule has 202 valence electrons. The number of aliphatic hydroxyl groups is 2. The van der Waals surface area contributed by atoms with Gasteiger partial charge in [-0.2, -0.15) is 0 Å². The van der Waals surface area contributed by atoms with Crippen molar-refractivity contribution >= 4 is 29.7 Å². The molecule has 3 N–H and O–H groups in total. The number of rotatable bonds is 10. The highest BCUT2D eigenvalue weighted by molar-refractivity contribution is 6.30. The quantitative estimate of drug-likeness (QED) is 0.394. The molecule has 4 rings (SSSR count). The molecule has 1 aliphatic heterocycles. The molecule has 0 spiro atoms. The molecule has 0 aromatic heterocycles. The van der Waals surface area contributed by atoms with Crippen LogP contribution in [0, 0.1) is 0 Å². The molecule has 10 heteroatoms. The van der Waals surface area contributed by atoms with Crippen LogP contribution in [0.3, 0.4) is 0 Å². The average Bonchev–Trinajstić information content (AvgIpc) is 3.31. The molecular formula is C28H31ClN2O7. The van der Waals surface area contributed by atoms with Crippen LogP contribution < -0.4 is 14.8 Å². The normalized spacial score (nSPS) is 21.4. The van der Waals surface area contributed by atoms with E-state index in [9.17, 15) is 24.6 Å². The van der Waals surface area contributed by atoms with Gasteiger partial charge in [0.25, 0.3) is 0 Å². The number of carbonyl (C=O) groups excluding carboxylic acids is 3. The Labute approximate surface area is 226 Å². The van der Waals surface area contributed by atoms with Crippen molar-refractivity contribution in [3.8, 4) is 11.5 Å². The molecule has 9 nitrogen and oxygen atoms in total. The van der Waals surface area contributed by atoms with Crippen LogP contribution >= 0.6 is 11.6 Å². The number of amides is 2. The number of aliphatic hydroxyl groups excluding tert-OH is 2. The van der Waals surface area contributed by atoms with Gasteiger partial charge in [-0.15, -0.1) is 0 Å². The largest absolute Gasteiger partial charge is 0.493 e. The molecule has 0 radical (unpaired) electrons. The van der Waals surface area contributed by atoms with Gasteiger partial charge in [-0.05, 0) is 42.3 Å². The highest BCUT2D eigenvalue weighted by Crippen LogP contribution is 2.51. The number of carbonyl (C=O) groups is 3. The van der Waals surface area contributed by atoms with Crippen LogP contribution in [0.25, 0.3) is 0 Å². The van der Waals surface area contributed by atoms with Crippen molar-refractivity contribution in [3.05, 3.63) is 69.8 Å². The lowest BCUT2D eigenvalue weighted by molar-refractivity contribution is -0.138. The molecule has 0 unspecified atom stereocenters. The molecule has 0 saturated heterocycles. The number of fused-ring (bicyclic) bond motifs is 3. The van der Waals surface area contributed by atoms with E-state index in [0.29, 0.717) is 40.4 Å². The SMILES string of the molecule is CCCC(=O)N(Cc1ccc(Cl)cc1)[C@@H]1C=C(C(=O)NCCO)[C@@H]2c3cc(C=O)cc(OC)c3O[C@@H]2[C@H]1O. The second kappa shape index (κ2) is 12.0. The smallest absolute Gasteiger partial charge is 0.247 e. The third-order valence-corrected chi connectivity index (χ3v) is 7.07. The Bertz CT molecular complexity index is 1230. The summed E-state index contributed by atoms with van der Waals surface area (Å²) in [4.78, 5) is 39.8. The van der Waals surface area contributed by atoms with Gasteiger partial charge in [0, 0.05) is 41.2 Å². The van der Waals surface area contributed by atoms with Crippen LogP contribution in [0.2, 0.25) is 5.02 Å². The number of nitrogens with one attached hydrogen (secondary N) is 1. The molecule has 1 heterocycles. The monoisotopic (exact) mass is 542 g/mol. The van der Waals surface area contributed by atoms with Gasteiger partial charge < -0.3 is 29.9 Å². The predicted octanol–water partition coefficient (Wildman–Crippen LogP) is 2.61. The van der Waals surface area contributed by atoms with Gasteiger partial charge in [0.15, 0.2) is 11.5 Å². The molecule has 2 amide bonds. The summed E-state index contributed by atoms with van der Waals surface area (Å²) in [5.74, 6) is -0.738. The molecule has 1 aliphatic carbocycles. The summed E-state index contributed by atoms with van der Waals surface area (Å²) >= 11 is 6.04. The molecule has 0 fully saturated rings. The minimum Gasteiger partial charge on any atom is -0.493 e. The Kier molecular flexibility index (Phi) is 8.71. The number of nitrogens with zero attached hydrogens (tertiary/aromatic N) is 1. The molecule has 2 aromatic rings. The van der Waals surface area contributed by atoms with Crippen molar-refractivity contribution in [2.24, 2.45) is 0 Å². The molecule has 4 atom stereocenters. The van der Waals surface area contributed by atoms with Crippen molar-refractivity contribution in [2.75, 3.05) is 20.3 Å². The van der Waals surface area contributed by atoms with Gasteiger partial charge in [-0.1, -0.05) is 30.7 Å². The highest BCUT2D eigenvalue weighted by atomic mass is 35.5. The maximum Gasteiger partial charge on any atom is 0.247 e. The Morgan fingerprint density at radius 2 is 1.97 bits per heavy atom. The molecule has 2 aromatic carbocycles. The lowest BCUT2D eigenvalue weighted by atomic mass is 9.77. The van der Waals surface area contributed by atoms with Crippen molar-refractivity contribution in [1.82, 2.24) is 10.2 Å². The number of aldehydes is 1. The summed E-state index contributed by atoms with van der Waals surface area (Å²) in [7, 11) is 1.44. The van der Waals surface area contributed by atoms with E-state index in [1.807, 2.05) is 6.92 Å². The first-order valence-corrected chi connectivity index (χ1v) is 12.9. The fourth-order valence-electron chi connectivity index (χ4n) is 5.06. The zero-order valence-corrected chi connectivity index (χ0v) is 22.0. The number of benzene rings is 2. The van der Waals surface area contributed by atoms with Gasteiger partial charge >= 0.3 is 0 Å². The van der Waals surface area contributed by atoms with E-state index in [0.717, 1.165) is 5.56 Å². The third kappa shape index (κ3) is 5.41. The number of ether oxygens (including phenoxy) is 2. The van der Waals surface area contributed by atoms with E-state index >= 15 is 0 Å². The fraction of sp³-hybridized carbons (Fsp3) is 0.393. The predicted molar refractivity (Wildman–Crippen MR) is 140 cm³/mol. The first-order valence-electron chi connectivity index (χ1n) is 12.5. The van der Waals surface area contributed by atoms with Gasteiger partial charge in [-0.3, -0.25) is 14.4 Å². The maximum atomic E-state index is 13.3. The molecule has 38 heavy (non-hydrogen) atoms. The lowest BCUT2D eigenvalue weighted by Crippen LogP contribution is -2.55. The zero-order chi connectivity index (χ0) is 27.4. The topological polar surface area (TPSA) is 125 Å². The van der Waals surface area contributed by atoms with Crippen molar-refractivity contribution < 1.29 is 34.1 Å². The summed E-state index contributed by atoms with van der Waals surface area (Å²) in [6, 6.07) is 9.32. The Hall–Kier alpha value is -3.40. The standard InChI is InChI=1S/C28H31ClN2O7/c1-3-4-23(34)31(14-16-5-7-18(29)8-6-16)21-13-20(28(36)30-9-10-32)24-19-11-17(15-33)12-22(37-2)26(19)38-27(24)25(21)35/h5-8,11-13,15,21,24-25,27,32,35H,3-4,9-10,14H2,1-2H3,(H,30,36)/t21-,24+,25+,27+/m1/s1. The minimum absolute atomic E-state index is 0.0233. The molecule has 0 bridgehead atoms. The van der Waals surface area contributed by atoms with Gasteiger partial charge in [-0.25, -0.2) is 0 Å². The van der Waals surface area contributed by atoms with E-state index in [1.54, 1.807) is 41.3 Å². The summed E-state index contributed by atoms with van der Waals surface area (Å²) in [5.41, 5.74) is 1.94. The fourth-order valence-corrected chi connectivity index (χ4v) is 5.19. The zero-order valence-electron chi connectivity index (χ0n) is 21.2. The van der Waals surface area contributed by atoms with Crippen LogP contribution in [0.4, 0.5) is 0 Å². The van der Waals surface area contributed by atoms with Gasteiger partial charge in [0.2, 0.25) is 11.8 Å². The van der Waals surface area contributed by atoms with Crippen LogP contribution in [0.1, 0.15) is 47.2 Å². The Morgan fingerprint density at radius 1 is 1.24 bits per heavy atom. The van der Waals surface area contributed by atoms with Gasteiger partial charge in [0.05, 0.1) is 25.7 Å². The number of hydrogen-bond acceptors (Lipinski definition) is 7. The molecular weight excluding hydrogens is 512 g/mol. The van der Waals surface area contributed by atoms with Crippen molar-refractivity contribution in [3.63, 3.8) is 0 Å².